The van der Waals surface area contributed by atoms with Crippen LogP contribution in [0, 0.1) is 5.82 Å². The lowest BCUT2D eigenvalue weighted by Crippen LogP contribution is -2.10. The highest BCUT2D eigenvalue weighted by atomic mass is 19.1. The molecule has 1 rings (SSSR count). The first-order valence-electron chi connectivity index (χ1n) is 5.40. The van der Waals surface area contributed by atoms with E-state index in [4.69, 9.17) is 9.84 Å². The van der Waals surface area contributed by atoms with Crippen LogP contribution in [0.5, 0.6) is 5.75 Å². The molecule has 1 unspecified atom stereocenters. The van der Waals surface area contributed by atoms with Gasteiger partial charge in [0.1, 0.15) is 11.6 Å². The Kier molecular flexibility index (Phi) is 4.69. The minimum Gasteiger partial charge on any atom is -0.490 e. The van der Waals surface area contributed by atoms with Gasteiger partial charge in [-0.3, -0.25) is 0 Å². The molecule has 0 saturated heterocycles. The van der Waals surface area contributed by atoms with Crippen LogP contribution in [-0.4, -0.2) is 17.2 Å². The van der Waals surface area contributed by atoms with Crippen molar-refractivity contribution >= 4 is 12.0 Å². The maximum Gasteiger partial charge on any atom is 0.328 e. The molecule has 0 bridgehead atoms. The zero-order valence-electron chi connectivity index (χ0n) is 9.81. The van der Waals surface area contributed by atoms with Crippen LogP contribution >= 0.6 is 0 Å². The van der Waals surface area contributed by atoms with Gasteiger partial charge in [0, 0.05) is 11.6 Å². The van der Waals surface area contributed by atoms with Crippen LogP contribution < -0.4 is 4.74 Å². The standard InChI is InChI=1S/C13H15FO3/c1-3-9(2)17-12-6-5-11(14)8-10(12)4-7-13(15)16/h4-9H,3H2,1-2H3,(H,15,16)/b7-4+. The van der Waals surface area contributed by atoms with Crippen molar-refractivity contribution in [3.63, 3.8) is 0 Å². The van der Waals surface area contributed by atoms with E-state index < -0.39 is 11.8 Å². The largest absolute Gasteiger partial charge is 0.490 e. The molecule has 1 N–H and O–H groups in total. The van der Waals surface area contributed by atoms with E-state index in [-0.39, 0.29) is 6.10 Å². The van der Waals surface area contributed by atoms with E-state index in [0.717, 1.165) is 12.5 Å². The van der Waals surface area contributed by atoms with Crippen LogP contribution in [0.15, 0.2) is 24.3 Å². The summed E-state index contributed by atoms with van der Waals surface area (Å²) in [5.74, 6) is -1.02. The Bertz CT molecular complexity index is 427. The normalized spacial score (nSPS) is 12.6. The van der Waals surface area contributed by atoms with E-state index in [2.05, 4.69) is 0 Å². The van der Waals surface area contributed by atoms with E-state index in [1.165, 1.54) is 24.3 Å². The topological polar surface area (TPSA) is 46.5 Å². The van der Waals surface area contributed by atoms with Crippen molar-refractivity contribution in [1.82, 2.24) is 0 Å². The lowest BCUT2D eigenvalue weighted by Gasteiger charge is -2.14. The molecule has 0 aliphatic carbocycles. The molecule has 4 heteroatoms. The number of carboxylic acids is 1. The summed E-state index contributed by atoms with van der Waals surface area (Å²) in [6, 6.07) is 4.04. The fraction of sp³-hybridized carbons (Fsp3) is 0.308. The molecule has 0 amide bonds. The number of carbonyl (C=O) groups is 1. The molecule has 0 aliphatic rings. The van der Waals surface area contributed by atoms with Gasteiger partial charge in [0.25, 0.3) is 0 Å². The molecule has 17 heavy (non-hydrogen) atoms. The molecule has 92 valence electrons. The van der Waals surface area contributed by atoms with Gasteiger partial charge in [-0.15, -0.1) is 0 Å². The Hall–Kier alpha value is -1.84. The SMILES string of the molecule is CCC(C)Oc1ccc(F)cc1/C=C/C(=O)O. The fourth-order valence-electron chi connectivity index (χ4n) is 1.22. The molecule has 0 spiro atoms. The molecular weight excluding hydrogens is 223 g/mol. The Morgan fingerprint density at radius 3 is 2.88 bits per heavy atom. The monoisotopic (exact) mass is 238 g/mol. The molecule has 0 aromatic heterocycles. The molecule has 0 radical (unpaired) electrons. The van der Waals surface area contributed by atoms with Crippen molar-refractivity contribution in [2.45, 2.75) is 26.4 Å². The van der Waals surface area contributed by atoms with Gasteiger partial charge in [-0.05, 0) is 37.6 Å². The molecule has 1 aromatic rings. The summed E-state index contributed by atoms with van der Waals surface area (Å²) in [6.45, 7) is 3.87. The van der Waals surface area contributed by atoms with Crippen LogP contribution in [-0.2, 0) is 4.79 Å². The average Bonchev–Trinajstić information content (AvgIpc) is 2.29. The van der Waals surface area contributed by atoms with Gasteiger partial charge >= 0.3 is 5.97 Å². The number of benzene rings is 1. The summed E-state index contributed by atoms with van der Waals surface area (Å²) >= 11 is 0. The van der Waals surface area contributed by atoms with Crippen molar-refractivity contribution < 1.29 is 19.0 Å². The van der Waals surface area contributed by atoms with Gasteiger partial charge in [-0.25, -0.2) is 9.18 Å². The minimum atomic E-state index is -1.08. The zero-order valence-corrected chi connectivity index (χ0v) is 9.81. The van der Waals surface area contributed by atoms with Gasteiger partial charge in [0.05, 0.1) is 6.10 Å². The molecular formula is C13H15FO3. The van der Waals surface area contributed by atoms with Crippen molar-refractivity contribution in [3.8, 4) is 5.75 Å². The summed E-state index contributed by atoms with van der Waals surface area (Å²) in [6.07, 6.45) is 3.10. The number of aliphatic carboxylic acids is 1. The highest BCUT2D eigenvalue weighted by Gasteiger charge is 2.06. The van der Waals surface area contributed by atoms with E-state index in [1.54, 1.807) is 0 Å². The van der Waals surface area contributed by atoms with Gasteiger partial charge in [-0.1, -0.05) is 6.92 Å². The van der Waals surface area contributed by atoms with Gasteiger partial charge in [0.2, 0.25) is 0 Å². The lowest BCUT2D eigenvalue weighted by atomic mass is 10.1. The fourth-order valence-corrected chi connectivity index (χ4v) is 1.22. The second-order valence-electron chi connectivity index (χ2n) is 3.69. The highest BCUT2D eigenvalue weighted by Crippen LogP contribution is 2.23. The van der Waals surface area contributed by atoms with E-state index in [1.807, 2.05) is 13.8 Å². The molecule has 3 nitrogen and oxygen atoms in total. The number of rotatable bonds is 5. The Morgan fingerprint density at radius 1 is 1.59 bits per heavy atom. The summed E-state index contributed by atoms with van der Waals surface area (Å²) in [7, 11) is 0. The van der Waals surface area contributed by atoms with Crippen molar-refractivity contribution in [2.24, 2.45) is 0 Å². The van der Waals surface area contributed by atoms with Crippen molar-refractivity contribution in [2.75, 3.05) is 0 Å². The molecule has 0 saturated carbocycles. The Morgan fingerprint density at radius 2 is 2.29 bits per heavy atom. The third kappa shape index (κ3) is 4.26. The van der Waals surface area contributed by atoms with Gasteiger partial charge in [0.15, 0.2) is 0 Å². The first-order valence-corrected chi connectivity index (χ1v) is 5.40. The van der Waals surface area contributed by atoms with Gasteiger partial charge in [-0.2, -0.15) is 0 Å². The Labute approximate surface area is 99.5 Å². The van der Waals surface area contributed by atoms with Crippen LogP contribution in [0.2, 0.25) is 0 Å². The zero-order chi connectivity index (χ0) is 12.8. The smallest absolute Gasteiger partial charge is 0.328 e. The summed E-state index contributed by atoms with van der Waals surface area (Å²) in [4.78, 5) is 10.4. The first-order chi connectivity index (χ1) is 8.02. The maximum atomic E-state index is 13.1. The molecule has 1 atom stereocenters. The van der Waals surface area contributed by atoms with E-state index in [9.17, 15) is 9.18 Å². The van der Waals surface area contributed by atoms with Gasteiger partial charge < -0.3 is 9.84 Å². The summed E-state index contributed by atoms with van der Waals surface area (Å²) in [5, 5.41) is 8.54. The van der Waals surface area contributed by atoms with Crippen molar-refractivity contribution in [3.05, 3.63) is 35.7 Å². The summed E-state index contributed by atoms with van der Waals surface area (Å²) < 4.78 is 18.6. The second kappa shape index (κ2) is 6.03. The van der Waals surface area contributed by atoms with Crippen LogP contribution in [0.3, 0.4) is 0 Å². The lowest BCUT2D eigenvalue weighted by molar-refractivity contribution is -0.131. The predicted molar refractivity (Wildman–Crippen MR) is 63.5 cm³/mol. The van der Waals surface area contributed by atoms with E-state index in [0.29, 0.717) is 11.3 Å². The first kappa shape index (κ1) is 13.2. The molecule has 0 heterocycles. The minimum absolute atomic E-state index is 0.00237. The van der Waals surface area contributed by atoms with Crippen molar-refractivity contribution in [1.29, 1.82) is 0 Å². The predicted octanol–water partition coefficient (Wildman–Crippen LogP) is 3.10. The Balaban J connectivity index is 2.99. The number of hydrogen-bond donors (Lipinski definition) is 1. The number of halogens is 1. The second-order valence-corrected chi connectivity index (χ2v) is 3.69. The van der Waals surface area contributed by atoms with Crippen LogP contribution in [0.25, 0.3) is 6.08 Å². The number of carboxylic acid groups (broad SMARTS) is 1. The maximum absolute atomic E-state index is 13.1. The highest BCUT2D eigenvalue weighted by molar-refractivity contribution is 5.85. The quantitative estimate of drug-likeness (QED) is 0.802. The van der Waals surface area contributed by atoms with E-state index >= 15 is 0 Å². The summed E-state index contributed by atoms with van der Waals surface area (Å²) in [5.41, 5.74) is 0.424. The van der Waals surface area contributed by atoms with Crippen LogP contribution in [0.4, 0.5) is 4.39 Å². The molecule has 0 aliphatic heterocycles. The van der Waals surface area contributed by atoms with Crippen LogP contribution in [0.1, 0.15) is 25.8 Å². The third-order valence-electron chi connectivity index (χ3n) is 2.28. The molecule has 1 aromatic carbocycles. The molecule has 0 fully saturated rings. The number of hydrogen-bond acceptors (Lipinski definition) is 2. The third-order valence-corrected chi connectivity index (χ3v) is 2.28. The number of ether oxygens (including phenoxy) is 1. The average molecular weight is 238 g/mol.